The summed E-state index contributed by atoms with van der Waals surface area (Å²) in [4.78, 5) is 9.13. The van der Waals surface area contributed by atoms with Gasteiger partial charge in [-0.05, 0) is 38.1 Å². The molecule has 3 heteroatoms. The van der Waals surface area contributed by atoms with Crippen LogP contribution in [0.3, 0.4) is 0 Å². The van der Waals surface area contributed by atoms with E-state index in [2.05, 4.69) is 9.97 Å². The fraction of sp³-hybridized carbons (Fsp3) is 0.0833. The number of rotatable bonds is 2. The van der Waals surface area contributed by atoms with Crippen LogP contribution in [0, 0.1) is 13.8 Å². The van der Waals surface area contributed by atoms with Crippen LogP contribution in [-0.4, -0.2) is 9.97 Å². The van der Waals surface area contributed by atoms with Crippen molar-refractivity contribution in [2.75, 3.05) is 0 Å². The Morgan fingerprint density at radius 3 is 2.70 bits per heavy atom. The molecule has 0 N–H and O–H groups in total. The summed E-state index contributed by atoms with van der Waals surface area (Å²) in [5.74, 6) is 0.203. The maximum atomic E-state index is 8.44. The van der Waals surface area contributed by atoms with Crippen molar-refractivity contribution in [1.82, 2.24) is 9.97 Å². The monoisotopic (exact) mass is 354 g/mol. The largest absolute Gasteiger partial charge is 0.455 e. The van der Waals surface area contributed by atoms with Crippen LogP contribution in [0.25, 0.3) is 44.6 Å². The Hall–Kier alpha value is -3.46. The Labute approximate surface area is 162 Å². The first kappa shape index (κ1) is 12.0. The molecule has 0 amide bonds. The first-order chi connectivity index (χ1) is 14.9. The van der Waals surface area contributed by atoms with E-state index in [4.69, 9.17) is 9.90 Å². The minimum absolute atomic E-state index is 0.00416. The highest BCUT2D eigenvalue weighted by molar-refractivity contribution is 6.09. The number of aromatic nitrogens is 2. The lowest BCUT2D eigenvalue weighted by atomic mass is 10.1. The van der Waals surface area contributed by atoms with Crippen molar-refractivity contribution in [1.29, 1.82) is 0 Å². The lowest BCUT2D eigenvalue weighted by Gasteiger charge is -2.07. The van der Waals surface area contributed by atoms with E-state index in [1.54, 1.807) is 6.92 Å². The standard InChI is InChI=1S/C24H18N2O/c1-15-7-5-8-17(13-15)24-25-16(2)14-21(26-24)20-11-6-10-19-18-9-3-4-12-22(18)27-23(19)20/h3-14H,1-2H3/i5D,7D,8D,13D. The number of furan rings is 1. The molecule has 2 heterocycles. The second-order valence-electron chi connectivity index (χ2n) is 6.50. The van der Waals surface area contributed by atoms with E-state index in [1.807, 2.05) is 55.5 Å². The van der Waals surface area contributed by atoms with E-state index in [1.165, 1.54) is 0 Å². The fourth-order valence-corrected chi connectivity index (χ4v) is 3.32. The number of hydrogen-bond donors (Lipinski definition) is 0. The van der Waals surface area contributed by atoms with Crippen molar-refractivity contribution in [3.8, 4) is 22.6 Å². The molecule has 0 aliphatic carbocycles. The van der Waals surface area contributed by atoms with Crippen LogP contribution >= 0.6 is 0 Å². The molecule has 0 radical (unpaired) electrons. The minimum Gasteiger partial charge on any atom is -0.455 e. The van der Waals surface area contributed by atoms with Gasteiger partial charge < -0.3 is 4.42 Å². The van der Waals surface area contributed by atoms with Gasteiger partial charge >= 0.3 is 0 Å². The fourth-order valence-electron chi connectivity index (χ4n) is 3.32. The Bertz CT molecular complexity index is 1480. The molecule has 0 atom stereocenters. The smallest absolute Gasteiger partial charge is 0.160 e. The van der Waals surface area contributed by atoms with Gasteiger partial charge in [-0.3, -0.25) is 0 Å². The molecule has 3 nitrogen and oxygen atoms in total. The molecule has 3 aromatic carbocycles. The van der Waals surface area contributed by atoms with Gasteiger partial charge in [-0.25, -0.2) is 9.97 Å². The molecular formula is C24H18N2O. The summed E-state index contributed by atoms with van der Waals surface area (Å²) in [5.41, 5.74) is 4.08. The molecule has 0 aliphatic rings. The van der Waals surface area contributed by atoms with Crippen LogP contribution in [0.15, 0.2) is 77.1 Å². The second kappa shape index (κ2) is 6.06. The quantitative estimate of drug-likeness (QED) is 0.372. The zero-order chi connectivity index (χ0) is 21.9. The predicted octanol–water partition coefficient (Wildman–Crippen LogP) is 6.33. The average molecular weight is 354 g/mol. The SMILES string of the molecule is [2H]c1c([2H])c(C)c([2H])c(-c2nc(C)cc(-c3cccc4c3oc3ccccc34)n2)c1[2H]. The Morgan fingerprint density at radius 2 is 1.78 bits per heavy atom. The zero-order valence-electron chi connectivity index (χ0n) is 18.9. The Balaban J connectivity index is 1.79. The molecule has 0 unspecified atom stereocenters. The van der Waals surface area contributed by atoms with Crippen molar-refractivity contribution in [2.45, 2.75) is 13.8 Å². The topological polar surface area (TPSA) is 38.9 Å². The minimum atomic E-state index is -0.227. The maximum absolute atomic E-state index is 8.44. The van der Waals surface area contributed by atoms with Gasteiger partial charge in [0, 0.05) is 27.6 Å². The molecule has 0 saturated heterocycles. The molecule has 0 aliphatic heterocycles. The van der Waals surface area contributed by atoms with E-state index in [0.717, 1.165) is 21.9 Å². The summed E-state index contributed by atoms with van der Waals surface area (Å²) >= 11 is 0. The van der Waals surface area contributed by atoms with E-state index in [9.17, 15) is 0 Å². The third-order valence-corrected chi connectivity index (χ3v) is 4.51. The van der Waals surface area contributed by atoms with Gasteiger partial charge in [0.1, 0.15) is 11.2 Å². The van der Waals surface area contributed by atoms with Crippen LogP contribution in [0.5, 0.6) is 0 Å². The first-order valence-corrected chi connectivity index (χ1v) is 8.70. The molecule has 2 aromatic heterocycles. The van der Waals surface area contributed by atoms with Gasteiger partial charge in [0.15, 0.2) is 5.82 Å². The highest BCUT2D eigenvalue weighted by Crippen LogP contribution is 2.35. The molecule has 130 valence electrons. The van der Waals surface area contributed by atoms with Gasteiger partial charge in [0.25, 0.3) is 0 Å². The highest BCUT2D eigenvalue weighted by Gasteiger charge is 2.14. The van der Waals surface area contributed by atoms with E-state index in [-0.39, 0.29) is 35.6 Å². The van der Waals surface area contributed by atoms with Crippen LogP contribution in [0.2, 0.25) is 0 Å². The van der Waals surface area contributed by atoms with Crippen LogP contribution in [-0.2, 0) is 0 Å². The molecule has 5 rings (SSSR count). The van der Waals surface area contributed by atoms with Gasteiger partial charge in [-0.15, -0.1) is 0 Å². The number of aryl methyl sites for hydroxylation is 1. The predicted molar refractivity (Wildman–Crippen MR) is 110 cm³/mol. The summed E-state index contributed by atoms with van der Waals surface area (Å²) in [7, 11) is 0. The van der Waals surface area contributed by atoms with Crippen molar-refractivity contribution < 1.29 is 9.90 Å². The van der Waals surface area contributed by atoms with Gasteiger partial charge in [0.2, 0.25) is 0 Å². The van der Waals surface area contributed by atoms with Crippen molar-refractivity contribution in [3.63, 3.8) is 0 Å². The van der Waals surface area contributed by atoms with E-state index < -0.39 is 0 Å². The van der Waals surface area contributed by atoms with Crippen molar-refractivity contribution in [2.24, 2.45) is 0 Å². The molecule has 0 saturated carbocycles. The van der Waals surface area contributed by atoms with Crippen molar-refractivity contribution >= 4 is 21.9 Å². The van der Waals surface area contributed by atoms with Crippen molar-refractivity contribution in [3.05, 3.63) is 84.0 Å². The second-order valence-corrected chi connectivity index (χ2v) is 6.50. The first-order valence-electron chi connectivity index (χ1n) is 10.7. The van der Waals surface area contributed by atoms with E-state index >= 15 is 0 Å². The lowest BCUT2D eigenvalue weighted by molar-refractivity contribution is 0.670. The number of hydrogen-bond acceptors (Lipinski definition) is 3. The molecule has 5 aromatic rings. The highest BCUT2D eigenvalue weighted by atomic mass is 16.3. The number of benzene rings is 3. The summed E-state index contributed by atoms with van der Waals surface area (Å²) < 4.78 is 39.0. The van der Waals surface area contributed by atoms with Gasteiger partial charge in [-0.2, -0.15) is 0 Å². The molecule has 0 spiro atoms. The Kier molecular flexibility index (Phi) is 2.70. The third-order valence-electron chi connectivity index (χ3n) is 4.51. The lowest BCUT2D eigenvalue weighted by Crippen LogP contribution is -1.95. The summed E-state index contributed by atoms with van der Waals surface area (Å²) in [5, 5.41) is 2.00. The molecule has 27 heavy (non-hydrogen) atoms. The van der Waals surface area contributed by atoms with Crippen LogP contribution < -0.4 is 0 Å². The van der Waals surface area contributed by atoms with Gasteiger partial charge in [-0.1, -0.05) is 54.0 Å². The van der Waals surface area contributed by atoms with Crippen LogP contribution in [0.1, 0.15) is 16.7 Å². The van der Waals surface area contributed by atoms with Gasteiger partial charge in [0.05, 0.1) is 11.2 Å². The number of nitrogens with zero attached hydrogens (tertiary/aromatic N) is 2. The van der Waals surface area contributed by atoms with E-state index in [0.29, 0.717) is 22.5 Å². The summed E-state index contributed by atoms with van der Waals surface area (Å²) in [6.45, 7) is 3.44. The Morgan fingerprint density at radius 1 is 0.926 bits per heavy atom. The third kappa shape index (κ3) is 2.68. The molecule has 0 fully saturated rings. The molecular weight excluding hydrogens is 332 g/mol. The summed E-state index contributed by atoms with van der Waals surface area (Å²) in [6.07, 6.45) is 0. The van der Waals surface area contributed by atoms with Crippen LogP contribution in [0.4, 0.5) is 0 Å². The zero-order valence-corrected chi connectivity index (χ0v) is 14.9. The number of para-hydroxylation sites is 2. The number of fused-ring (bicyclic) bond motifs is 3. The summed E-state index contributed by atoms with van der Waals surface area (Å²) in [6, 6.07) is 15.0. The molecule has 0 bridgehead atoms. The average Bonchev–Trinajstić information content (AvgIpc) is 3.15. The normalized spacial score (nSPS) is 13.4. The maximum Gasteiger partial charge on any atom is 0.160 e.